The summed E-state index contributed by atoms with van der Waals surface area (Å²) in [5, 5.41) is 11.1. The van der Waals surface area contributed by atoms with Crippen LogP contribution >= 0.6 is 0 Å². The molecule has 94 valence electrons. The molecule has 1 aromatic carbocycles. The molecule has 1 N–H and O–H groups in total. The van der Waals surface area contributed by atoms with Crippen molar-refractivity contribution in [3.8, 4) is 23.1 Å². The van der Waals surface area contributed by atoms with Crippen LogP contribution in [0.25, 0.3) is 11.3 Å². The number of aromatic amines is 1. The van der Waals surface area contributed by atoms with E-state index in [1.807, 2.05) is 37.3 Å². The van der Waals surface area contributed by atoms with Gasteiger partial charge in [0.25, 0.3) is 0 Å². The van der Waals surface area contributed by atoms with Gasteiger partial charge < -0.3 is 0 Å². The minimum atomic E-state index is 0. The molecule has 0 fully saturated rings. The van der Waals surface area contributed by atoms with E-state index in [1.54, 1.807) is 6.20 Å². The van der Waals surface area contributed by atoms with Crippen LogP contribution in [0, 0.1) is 11.8 Å². The fourth-order valence-electron chi connectivity index (χ4n) is 2.01. The Balaban J connectivity index is 0.00000147. The molecule has 0 atom stereocenters. The molecular weight excluding hydrogens is 236 g/mol. The van der Waals surface area contributed by atoms with E-state index in [0.29, 0.717) is 0 Å². The van der Waals surface area contributed by atoms with Gasteiger partial charge in [0.05, 0.1) is 5.71 Å². The van der Waals surface area contributed by atoms with E-state index in [9.17, 15) is 0 Å². The Hall–Kier alpha value is -2.67. The third-order valence-corrected chi connectivity index (χ3v) is 2.90. The maximum Gasteiger partial charge on any atom is 0.135 e. The number of hydrogen-bond donors (Lipinski definition) is 1. The topological polar surface area (TPSA) is 53.9 Å². The zero-order valence-electron chi connectivity index (χ0n) is 10.5. The molecule has 1 aromatic heterocycles. The molecule has 0 aliphatic carbocycles. The Labute approximate surface area is 112 Å². The average Bonchev–Trinajstić information content (AvgIpc) is 3.11. The van der Waals surface area contributed by atoms with E-state index in [-0.39, 0.29) is 1.43 Å². The summed E-state index contributed by atoms with van der Waals surface area (Å²) in [6, 6.07) is 7.98. The molecule has 2 aromatic rings. The standard InChI is InChI=1S/C15H12N4.H2/c1-2-4-11-6-8-12(9-7-11)14-15(18-19-17-14)13-5-3-10-16-13;/h3,6-10H,5H2,1H3,(H,17,18,19);1H. The lowest BCUT2D eigenvalue weighted by molar-refractivity contribution is 0.938. The molecule has 1 aliphatic heterocycles. The molecule has 1 aliphatic rings. The highest BCUT2D eigenvalue weighted by atomic mass is 15.3. The van der Waals surface area contributed by atoms with Crippen molar-refractivity contribution in [2.45, 2.75) is 13.3 Å². The molecule has 19 heavy (non-hydrogen) atoms. The number of rotatable bonds is 2. The van der Waals surface area contributed by atoms with Crippen molar-refractivity contribution in [2.24, 2.45) is 4.99 Å². The van der Waals surface area contributed by atoms with Crippen LogP contribution in [-0.4, -0.2) is 21.1 Å². The Morgan fingerprint density at radius 3 is 2.63 bits per heavy atom. The first kappa shape index (κ1) is 11.4. The van der Waals surface area contributed by atoms with E-state index in [1.165, 1.54) is 0 Å². The highest BCUT2D eigenvalue weighted by Gasteiger charge is 2.16. The summed E-state index contributed by atoms with van der Waals surface area (Å²) in [6.45, 7) is 1.83. The molecule has 4 heteroatoms. The molecule has 3 rings (SSSR count). The summed E-state index contributed by atoms with van der Waals surface area (Å²) in [7, 11) is 0. The quantitative estimate of drug-likeness (QED) is 0.833. The normalized spacial score (nSPS) is 13.0. The lowest BCUT2D eigenvalue weighted by atomic mass is 10.0. The van der Waals surface area contributed by atoms with Gasteiger partial charge in [-0.05, 0) is 19.1 Å². The first-order chi connectivity index (χ1) is 9.38. The summed E-state index contributed by atoms with van der Waals surface area (Å²) in [5.41, 5.74) is 4.61. The van der Waals surface area contributed by atoms with Crippen LogP contribution in [0.4, 0.5) is 0 Å². The second-order valence-corrected chi connectivity index (χ2v) is 4.14. The number of nitrogens with zero attached hydrogens (tertiary/aromatic N) is 3. The number of hydrogen-bond acceptors (Lipinski definition) is 3. The van der Waals surface area contributed by atoms with Gasteiger partial charge in [0.15, 0.2) is 0 Å². The fourth-order valence-corrected chi connectivity index (χ4v) is 2.01. The molecule has 0 amide bonds. The minimum Gasteiger partial charge on any atom is -0.259 e. The van der Waals surface area contributed by atoms with Crippen LogP contribution in [0.2, 0.25) is 0 Å². The summed E-state index contributed by atoms with van der Waals surface area (Å²) in [6.07, 6.45) is 4.61. The predicted octanol–water partition coefficient (Wildman–Crippen LogP) is 2.80. The Bertz CT molecular complexity index is 714. The van der Waals surface area contributed by atoms with Crippen molar-refractivity contribution in [1.82, 2.24) is 15.4 Å². The van der Waals surface area contributed by atoms with E-state index in [0.717, 1.165) is 34.6 Å². The number of benzene rings is 1. The molecular formula is C15H14N4. The second-order valence-electron chi connectivity index (χ2n) is 4.14. The Kier molecular flexibility index (Phi) is 2.95. The zero-order valence-corrected chi connectivity index (χ0v) is 10.5. The van der Waals surface area contributed by atoms with E-state index < -0.39 is 0 Å². The van der Waals surface area contributed by atoms with Gasteiger partial charge in [-0.15, -0.1) is 5.92 Å². The lowest BCUT2D eigenvalue weighted by Gasteiger charge is -2.00. The Morgan fingerprint density at radius 2 is 1.95 bits per heavy atom. The summed E-state index contributed by atoms with van der Waals surface area (Å²) >= 11 is 0. The van der Waals surface area contributed by atoms with Crippen LogP contribution in [0.1, 0.15) is 26.0 Å². The van der Waals surface area contributed by atoms with Crippen molar-refractivity contribution in [3.05, 3.63) is 47.8 Å². The monoisotopic (exact) mass is 250 g/mol. The van der Waals surface area contributed by atoms with Gasteiger partial charge in [0, 0.05) is 25.2 Å². The molecule has 2 heterocycles. The fraction of sp³-hybridized carbons (Fsp3) is 0.133. The SMILES string of the molecule is CC#Cc1ccc(-c2n[nH]nc2C2=NC=CC2)cc1.[HH]. The van der Waals surface area contributed by atoms with Crippen molar-refractivity contribution in [2.75, 3.05) is 0 Å². The first-order valence-corrected chi connectivity index (χ1v) is 6.04. The number of aliphatic imine (C=N–C) groups is 1. The maximum atomic E-state index is 4.30. The van der Waals surface area contributed by atoms with Crippen molar-refractivity contribution in [3.63, 3.8) is 0 Å². The molecule has 0 radical (unpaired) electrons. The predicted molar refractivity (Wildman–Crippen MR) is 76.8 cm³/mol. The number of nitrogens with one attached hydrogen (secondary N) is 1. The van der Waals surface area contributed by atoms with Crippen LogP contribution in [0.3, 0.4) is 0 Å². The zero-order chi connectivity index (χ0) is 13.1. The van der Waals surface area contributed by atoms with E-state index in [4.69, 9.17) is 0 Å². The number of aromatic nitrogens is 3. The number of allylic oxidation sites excluding steroid dienone is 1. The average molecular weight is 250 g/mol. The summed E-state index contributed by atoms with van der Waals surface area (Å²) < 4.78 is 0. The molecule has 0 saturated heterocycles. The van der Waals surface area contributed by atoms with Gasteiger partial charge in [-0.3, -0.25) is 4.99 Å². The lowest BCUT2D eigenvalue weighted by Crippen LogP contribution is -1.99. The maximum absolute atomic E-state index is 4.30. The Morgan fingerprint density at radius 1 is 1.16 bits per heavy atom. The molecule has 0 unspecified atom stereocenters. The highest BCUT2D eigenvalue weighted by Crippen LogP contribution is 2.22. The van der Waals surface area contributed by atoms with Gasteiger partial charge >= 0.3 is 0 Å². The second kappa shape index (κ2) is 4.91. The van der Waals surface area contributed by atoms with Crippen LogP contribution in [0.5, 0.6) is 0 Å². The van der Waals surface area contributed by atoms with Gasteiger partial charge in [-0.1, -0.05) is 24.1 Å². The smallest absolute Gasteiger partial charge is 0.135 e. The van der Waals surface area contributed by atoms with Gasteiger partial charge in [0.1, 0.15) is 11.4 Å². The summed E-state index contributed by atoms with van der Waals surface area (Å²) in [5.74, 6) is 5.91. The summed E-state index contributed by atoms with van der Waals surface area (Å²) in [4.78, 5) is 4.30. The van der Waals surface area contributed by atoms with Crippen molar-refractivity contribution < 1.29 is 1.43 Å². The first-order valence-electron chi connectivity index (χ1n) is 6.04. The van der Waals surface area contributed by atoms with Crippen LogP contribution in [-0.2, 0) is 0 Å². The highest BCUT2D eigenvalue weighted by molar-refractivity contribution is 6.05. The van der Waals surface area contributed by atoms with Crippen LogP contribution < -0.4 is 0 Å². The van der Waals surface area contributed by atoms with E-state index >= 15 is 0 Å². The van der Waals surface area contributed by atoms with Gasteiger partial charge in [0.2, 0.25) is 0 Å². The van der Waals surface area contributed by atoms with Gasteiger partial charge in [-0.2, -0.15) is 15.4 Å². The third-order valence-electron chi connectivity index (χ3n) is 2.90. The largest absolute Gasteiger partial charge is 0.259 e. The van der Waals surface area contributed by atoms with Gasteiger partial charge in [-0.25, -0.2) is 0 Å². The number of H-pyrrole nitrogens is 1. The van der Waals surface area contributed by atoms with Crippen LogP contribution in [0.15, 0.2) is 41.5 Å². The van der Waals surface area contributed by atoms with Crippen molar-refractivity contribution in [1.29, 1.82) is 0 Å². The molecule has 0 bridgehead atoms. The third kappa shape index (κ3) is 2.18. The molecule has 0 spiro atoms. The molecule has 4 nitrogen and oxygen atoms in total. The molecule has 0 saturated carbocycles. The van der Waals surface area contributed by atoms with Crippen molar-refractivity contribution >= 4 is 5.71 Å². The minimum absolute atomic E-state index is 0. The van der Waals surface area contributed by atoms with E-state index in [2.05, 4.69) is 32.2 Å².